The lowest BCUT2D eigenvalue weighted by molar-refractivity contribution is 0.470. The van der Waals surface area contributed by atoms with Crippen molar-refractivity contribution >= 4 is 5.69 Å². The fraction of sp³-hybridized carbons (Fsp3) is 0.400. The molecule has 6 heteroatoms. The van der Waals surface area contributed by atoms with Crippen LogP contribution in [0.4, 0.5) is 5.69 Å². The zero-order chi connectivity index (χ0) is 11.7. The Morgan fingerprint density at radius 1 is 1.31 bits per heavy atom. The van der Waals surface area contributed by atoms with E-state index >= 15 is 0 Å². The SMILES string of the molecule is Cc1nnn(C(C)c2ccc(N)c(C)n2)n1. The molecule has 0 aliphatic heterocycles. The van der Waals surface area contributed by atoms with Gasteiger partial charge in [0.05, 0.1) is 17.1 Å². The Bertz CT molecular complexity index is 504. The van der Waals surface area contributed by atoms with E-state index in [-0.39, 0.29) is 6.04 Å². The van der Waals surface area contributed by atoms with Gasteiger partial charge in [-0.25, -0.2) is 0 Å². The van der Waals surface area contributed by atoms with Crippen LogP contribution in [0.2, 0.25) is 0 Å². The first kappa shape index (κ1) is 10.5. The molecule has 0 aliphatic carbocycles. The van der Waals surface area contributed by atoms with Crippen LogP contribution in [0.5, 0.6) is 0 Å². The molecule has 6 nitrogen and oxygen atoms in total. The first-order valence-electron chi connectivity index (χ1n) is 5.07. The summed E-state index contributed by atoms with van der Waals surface area (Å²) in [7, 11) is 0. The lowest BCUT2D eigenvalue weighted by Crippen LogP contribution is -2.13. The van der Waals surface area contributed by atoms with Gasteiger partial charge in [0.25, 0.3) is 0 Å². The lowest BCUT2D eigenvalue weighted by Gasteiger charge is -2.10. The van der Waals surface area contributed by atoms with Gasteiger partial charge in [-0.05, 0) is 38.1 Å². The van der Waals surface area contributed by atoms with Crippen LogP contribution in [-0.2, 0) is 0 Å². The maximum absolute atomic E-state index is 5.72. The molecule has 0 amide bonds. The smallest absolute Gasteiger partial charge is 0.171 e. The van der Waals surface area contributed by atoms with Crippen molar-refractivity contribution in [2.45, 2.75) is 26.8 Å². The van der Waals surface area contributed by atoms with E-state index in [1.807, 2.05) is 26.0 Å². The van der Waals surface area contributed by atoms with Gasteiger partial charge >= 0.3 is 0 Å². The largest absolute Gasteiger partial charge is 0.397 e. The fourth-order valence-corrected chi connectivity index (χ4v) is 1.41. The number of hydrogen-bond acceptors (Lipinski definition) is 5. The van der Waals surface area contributed by atoms with Crippen molar-refractivity contribution in [3.05, 3.63) is 29.3 Å². The highest BCUT2D eigenvalue weighted by Gasteiger charge is 2.12. The summed E-state index contributed by atoms with van der Waals surface area (Å²) in [6, 6.07) is 3.68. The number of aromatic nitrogens is 5. The molecular formula is C10H14N6. The van der Waals surface area contributed by atoms with E-state index in [4.69, 9.17) is 5.73 Å². The summed E-state index contributed by atoms with van der Waals surface area (Å²) in [6.07, 6.45) is 0. The first-order chi connectivity index (χ1) is 7.58. The van der Waals surface area contributed by atoms with E-state index in [9.17, 15) is 0 Å². The van der Waals surface area contributed by atoms with Gasteiger partial charge in [0.2, 0.25) is 0 Å². The quantitative estimate of drug-likeness (QED) is 0.808. The molecule has 0 fully saturated rings. The molecule has 2 aromatic heterocycles. The van der Waals surface area contributed by atoms with Gasteiger partial charge in [-0.2, -0.15) is 4.80 Å². The maximum atomic E-state index is 5.72. The summed E-state index contributed by atoms with van der Waals surface area (Å²) in [5.74, 6) is 0.652. The summed E-state index contributed by atoms with van der Waals surface area (Å²) < 4.78 is 0. The Labute approximate surface area is 93.5 Å². The van der Waals surface area contributed by atoms with E-state index in [0.717, 1.165) is 11.4 Å². The molecule has 0 spiro atoms. The molecule has 0 aromatic carbocycles. The zero-order valence-electron chi connectivity index (χ0n) is 9.55. The Balaban J connectivity index is 2.33. The average Bonchev–Trinajstić information content (AvgIpc) is 2.68. The summed E-state index contributed by atoms with van der Waals surface area (Å²) in [4.78, 5) is 5.95. The molecule has 0 bridgehead atoms. The number of hydrogen-bond donors (Lipinski definition) is 1. The van der Waals surface area contributed by atoms with Crippen LogP contribution in [0.3, 0.4) is 0 Å². The molecule has 0 aliphatic rings. The number of nitrogens with two attached hydrogens (primary N) is 1. The van der Waals surface area contributed by atoms with Crippen molar-refractivity contribution in [1.82, 2.24) is 25.2 Å². The molecule has 2 heterocycles. The Morgan fingerprint density at radius 3 is 2.62 bits per heavy atom. The van der Waals surface area contributed by atoms with Crippen molar-refractivity contribution in [3.8, 4) is 0 Å². The van der Waals surface area contributed by atoms with Crippen molar-refractivity contribution in [2.24, 2.45) is 0 Å². The van der Waals surface area contributed by atoms with Crippen molar-refractivity contribution in [3.63, 3.8) is 0 Å². The third-order valence-corrected chi connectivity index (χ3v) is 2.45. The summed E-state index contributed by atoms with van der Waals surface area (Å²) in [5.41, 5.74) is 8.11. The standard InChI is InChI=1S/C10H14N6/c1-6-9(11)4-5-10(12-6)7(2)16-14-8(3)13-15-16/h4-5,7H,11H2,1-3H3. The second-order valence-corrected chi connectivity index (χ2v) is 3.74. The summed E-state index contributed by atoms with van der Waals surface area (Å²) >= 11 is 0. The van der Waals surface area contributed by atoms with Crippen LogP contribution < -0.4 is 5.73 Å². The number of nitrogens with zero attached hydrogens (tertiary/aromatic N) is 5. The van der Waals surface area contributed by atoms with Crippen molar-refractivity contribution in [2.75, 3.05) is 5.73 Å². The number of pyridine rings is 1. The highest BCUT2D eigenvalue weighted by Crippen LogP contribution is 2.16. The minimum absolute atomic E-state index is 0.0412. The van der Waals surface area contributed by atoms with Gasteiger partial charge in [0.15, 0.2) is 5.82 Å². The molecule has 2 aromatic rings. The van der Waals surface area contributed by atoms with E-state index in [1.165, 1.54) is 0 Å². The van der Waals surface area contributed by atoms with Crippen LogP contribution in [0.1, 0.15) is 30.2 Å². The highest BCUT2D eigenvalue weighted by molar-refractivity contribution is 5.42. The van der Waals surface area contributed by atoms with E-state index in [2.05, 4.69) is 20.4 Å². The molecular weight excluding hydrogens is 204 g/mol. The maximum Gasteiger partial charge on any atom is 0.171 e. The topological polar surface area (TPSA) is 82.5 Å². The molecule has 16 heavy (non-hydrogen) atoms. The molecule has 2 rings (SSSR count). The van der Waals surface area contributed by atoms with Crippen LogP contribution in [0.25, 0.3) is 0 Å². The minimum atomic E-state index is -0.0412. The molecule has 0 saturated carbocycles. The Hall–Kier alpha value is -1.98. The van der Waals surface area contributed by atoms with Crippen LogP contribution >= 0.6 is 0 Å². The molecule has 0 radical (unpaired) electrons. The second kappa shape index (κ2) is 3.88. The molecule has 1 unspecified atom stereocenters. The monoisotopic (exact) mass is 218 g/mol. The van der Waals surface area contributed by atoms with Crippen LogP contribution in [0, 0.1) is 13.8 Å². The predicted octanol–water partition coefficient (Wildman–Crippen LogP) is 0.876. The molecule has 0 saturated heterocycles. The van der Waals surface area contributed by atoms with Crippen molar-refractivity contribution < 1.29 is 0 Å². The third-order valence-electron chi connectivity index (χ3n) is 2.45. The lowest BCUT2D eigenvalue weighted by atomic mass is 10.2. The number of aryl methyl sites for hydroxylation is 2. The van der Waals surface area contributed by atoms with E-state index in [1.54, 1.807) is 11.7 Å². The summed E-state index contributed by atoms with van der Waals surface area (Å²) in [5, 5.41) is 11.9. The van der Waals surface area contributed by atoms with Gasteiger partial charge in [0.1, 0.15) is 6.04 Å². The number of nitrogen functional groups attached to an aromatic ring is 1. The Kier molecular flexibility index (Phi) is 2.55. The van der Waals surface area contributed by atoms with Crippen LogP contribution in [0.15, 0.2) is 12.1 Å². The summed E-state index contributed by atoms with van der Waals surface area (Å²) in [6.45, 7) is 5.66. The van der Waals surface area contributed by atoms with Gasteiger partial charge < -0.3 is 5.73 Å². The zero-order valence-corrected chi connectivity index (χ0v) is 9.55. The minimum Gasteiger partial charge on any atom is -0.397 e. The molecule has 84 valence electrons. The normalized spacial score (nSPS) is 12.7. The van der Waals surface area contributed by atoms with Gasteiger partial charge in [-0.1, -0.05) is 0 Å². The number of tetrazole rings is 1. The van der Waals surface area contributed by atoms with Gasteiger partial charge in [-0.15, -0.1) is 10.2 Å². The first-order valence-corrected chi connectivity index (χ1v) is 5.07. The number of anilines is 1. The molecule has 2 N–H and O–H groups in total. The van der Waals surface area contributed by atoms with Crippen molar-refractivity contribution in [1.29, 1.82) is 0 Å². The third kappa shape index (κ3) is 1.86. The van der Waals surface area contributed by atoms with Gasteiger partial charge in [0, 0.05) is 0 Å². The highest BCUT2D eigenvalue weighted by atomic mass is 15.6. The van der Waals surface area contributed by atoms with E-state index in [0.29, 0.717) is 11.5 Å². The fourth-order valence-electron chi connectivity index (χ4n) is 1.41. The van der Waals surface area contributed by atoms with Crippen LogP contribution in [-0.4, -0.2) is 25.2 Å². The van der Waals surface area contributed by atoms with Gasteiger partial charge in [-0.3, -0.25) is 4.98 Å². The average molecular weight is 218 g/mol. The van der Waals surface area contributed by atoms with E-state index < -0.39 is 0 Å². The number of rotatable bonds is 2. The second-order valence-electron chi connectivity index (χ2n) is 3.74. The predicted molar refractivity (Wildman–Crippen MR) is 59.8 cm³/mol. The molecule has 1 atom stereocenters. The Morgan fingerprint density at radius 2 is 2.06 bits per heavy atom.